The first-order chi connectivity index (χ1) is 11.0. The minimum absolute atomic E-state index is 0.272. The number of likely N-dealkylation sites (tertiary alicyclic amines) is 1. The number of hydrogen-bond acceptors (Lipinski definition) is 4. The molecule has 1 aromatic rings. The van der Waals surface area contributed by atoms with E-state index in [2.05, 4.69) is 12.2 Å². The van der Waals surface area contributed by atoms with Gasteiger partial charge in [-0.1, -0.05) is 13.0 Å². The molecule has 0 saturated carbocycles. The molecule has 1 aliphatic heterocycles. The molecule has 0 aromatic heterocycles. The van der Waals surface area contributed by atoms with Crippen LogP contribution in [0.1, 0.15) is 25.3 Å². The quantitative estimate of drug-likeness (QED) is 0.855. The second-order valence-electron chi connectivity index (χ2n) is 5.87. The van der Waals surface area contributed by atoms with Crippen LogP contribution in [0.2, 0.25) is 0 Å². The molecule has 1 fully saturated rings. The van der Waals surface area contributed by atoms with Crippen LogP contribution in [-0.2, 0) is 16.1 Å². The highest BCUT2D eigenvalue weighted by atomic mass is 16.5. The monoisotopic (exact) mass is 320 g/mol. The van der Waals surface area contributed by atoms with Crippen molar-refractivity contribution in [1.29, 1.82) is 0 Å². The zero-order valence-corrected chi connectivity index (χ0v) is 13.9. The standard InChI is InChI=1S/C17H24N2O4/c1-12-5-4-8-19(11-12)17(21)16(20)18-10-13-6-7-14(22-2)15(9-13)23-3/h6-7,9,12H,4-5,8,10-11H2,1-3H3,(H,18,20). The van der Waals surface area contributed by atoms with Gasteiger partial charge in [0.25, 0.3) is 0 Å². The zero-order chi connectivity index (χ0) is 16.8. The van der Waals surface area contributed by atoms with E-state index < -0.39 is 11.8 Å². The molecule has 6 heteroatoms. The van der Waals surface area contributed by atoms with Crippen molar-refractivity contribution in [2.24, 2.45) is 5.92 Å². The molecular weight excluding hydrogens is 296 g/mol. The minimum Gasteiger partial charge on any atom is -0.493 e. The molecule has 1 N–H and O–H groups in total. The van der Waals surface area contributed by atoms with Gasteiger partial charge < -0.3 is 19.7 Å². The highest BCUT2D eigenvalue weighted by molar-refractivity contribution is 6.34. The number of ether oxygens (including phenoxy) is 2. The predicted molar refractivity (Wildman–Crippen MR) is 86.4 cm³/mol. The minimum atomic E-state index is -0.561. The largest absolute Gasteiger partial charge is 0.493 e. The van der Waals surface area contributed by atoms with Crippen LogP contribution in [0, 0.1) is 5.92 Å². The van der Waals surface area contributed by atoms with Crippen LogP contribution in [0.15, 0.2) is 18.2 Å². The summed E-state index contributed by atoms with van der Waals surface area (Å²) in [6.07, 6.45) is 2.06. The maximum atomic E-state index is 12.2. The van der Waals surface area contributed by atoms with Crippen molar-refractivity contribution in [3.8, 4) is 11.5 Å². The number of carbonyl (C=O) groups is 2. The number of methoxy groups -OCH3 is 2. The fraction of sp³-hybridized carbons (Fsp3) is 0.529. The number of amides is 2. The molecule has 0 bridgehead atoms. The summed E-state index contributed by atoms with van der Waals surface area (Å²) >= 11 is 0. The summed E-state index contributed by atoms with van der Waals surface area (Å²) in [4.78, 5) is 25.8. The summed E-state index contributed by atoms with van der Waals surface area (Å²) in [5, 5.41) is 2.67. The van der Waals surface area contributed by atoms with Crippen LogP contribution in [0.4, 0.5) is 0 Å². The molecule has 1 saturated heterocycles. The zero-order valence-electron chi connectivity index (χ0n) is 13.9. The van der Waals surface area contributed by atoms with E-state index in [0.717, 1.165) is 18.4 Å². The normalized spacial score (nSPS) is 17.5. The van der Waals surface area contributed by atoms with Gasteiger partial charge in [0.05, 0.1) is 14.2 Å². The van der Waals surface area contributed by atoms with Crippen molar-refractivity contribution in [3.63, 3.8) is 0 Å². The smallest absolute Gasteiger partial charge is 0.311 e. The summed E-state index contributed by atoms with van der Waals surface area (Å²) < 4.78 is 10.4. The molecule has 1 atom stereocenters. The Balaban J connectivity index is 1.92. The summed E-state index contributed by atoms with van der Waals surface area (Å²) in [5.41, 5.74) is 0.843. The first-order valence-corrected chi connectivity index (χ1v) is 7.83. The Morgan fingerprint density at radius 2 is 2.00 bits per heavy atom. The second kappa shape index (κ2) is 7.85. The van der Waals surface area contributed by atoms with Crippen LogP contribution < -0.4 is 14.8 Å². The van der Waals surface area contributed by atoms with E-state index in [4.69, 9.17) is 9.47 Å². The van der Waals surface area contributed by atoms with Crippen LogP contribution in [0.5, 0.6) is 11.5 Å². The summed E-state index contributed by atoms with van der Waals surface area (Å²) in [7, 11) is 3.12. The number of nitrogens with zero attached hydrogens (tertiary/aromatic N) is 1. The lowest BCUT2D eigenvalue weighted by Crippen LogP contribution is -2.46. The van der Waals surface area contributed by atoms with Gasteiger partial charge in [0.1, 0.15) is 0 Å². The van der Waals surface area contributed by atoms with Crippen LogP contribution in [0.25, 0.3) is 0 Å². The molecule has 2 amide bonds. The molecule has 1 heterocycles. The fourth-order valence-electron chi connectivity index (χ4n) is 2.77. The maximum absolute atomic E-state index is 12.2. The van der Waals surface area contributed by atoms with Crippen molar-refractivity contribution in [2.45, 2.75) is 26.3 Å². The topological polar surface area (TPSA) is 67.9 Å². The van der Waals surface area contributed by atoms with Crippen molar-refractivity contribution < 1.29 is 19.1 Å². The molecule has 126 valence electrons. The second-order valence-corrected chi connectivity index (χ2v) is 5.87. The number of benzene rings is 1. The first-order valence-electron chi connectivity index (χ1n) is 7.83. The molecule has 1 aliphatic rings. The van der Waals surface area contributed by atoms with E-state index in [1.165, 1.54) is 0 Å². The Kier molecular flexibility index (Phi) is 5.84. The van der Waals surface area contributed by atoms with Gasteiger partial charge >= 0.3 is 11.8 Å². The lowest BCUT2D eigenvalue weighted by atomic mass is 10.0. The van der Waals surface area contributed by atoms with Gasteiger partial charge in [-0.25, -0.2) is 0 Å². The van der Waals surface area contributed by atoms with Gasteiger partial charge in [-0.05, 0) is 36.5 Å². The van der Waals surface area contributed by atoms with Crippen molar-refractivity contribution >= 4 is 11.8 Å². The van der Waals surface area contributed by atoms with E-state index in [9.17, 15) is 9.59 Å². The summed E-state index contributed by atoms with van der Waals surface area (Å²) in [6.45, 7) is 3.69. The number of carbonyl (C=O) groups excluding carboxylic acids is 2. The van der Waals surface area contributed by atoms with E-state index in [1.54, 1.807) is 31.3 Å². The number of piperidine rings is 1. The maximum Gasteiger partial charge on any atom is 0.311 e. The Morgan fingerprint density at radius 3 is 2.65 bits per heavy atom. The molecule has 6 nitrogen and oxygen atoms in total. The third-order valence-corrected chi connectivity index (χ3v) is 4.04. The van der Waals surface area contributed by atoms with Crippen molar-refractivity contribution in [2.75, 3.05) is 27.3 Å². The number of hydrogen-bond donors (Lipinski definition) is 1. The molecule has 23 heavy (non-hydrogen) atoms. The lowest BCUT2D eigenvalue weighted by Gasteiger charge is -2.30. The van der Waals surface area contributed by atoms with Crippen molar-refractivity contribution in [1.82, 2.24) is 10.2 Å². The Bertz CT molecular complexity index is 574. The molecule has 0 radical (unpaired) electrons. The van der Waals surface area contributed by atoms with Gasteiger partial charge in [0, 0.05) is 19.6 Å². The summed E-state index contributed by atoms with van der Waals surface area (Å²) in [5.74, 6) is 0.661. The first kappa shape index (κ1) is 17.1. The van der Waals surface area contributed by atoms with E-state index in [-0.39, 0.29) is 6.54 Å². The predicted octanol–water partition coefficient (Wildman–Crippen LogP) is 1.58. The van der Waals surface area contributed by atoms with Gasteiger partial charge in [0.15, 0.2) is 11.5 Å². The molecule has 0 aliphatic carbocycles. The Hall–Kier alpha value is -2.24. The van der Waals surface area contributed by atoms with Gasteiger partial charge in [0.2, 0.25) is 0 Å². The molecule has 0 spiro atoms. The fourth-order valence-corrected chi connectivity index (χ4v) is 2.77. The summed E-state index contributed by atoms with van der Waals surface area (Å²) in [6, 6.07) is 5.39. The van der Waals surface area contributed by atoms with E-state index in [0.29, 0.717) is 30.5 Å². The molecule has 1 aromatic carbocycles. The van der Waals surface area contributed by atoms with Gasteiger partial charge in [-0.2, -0.15) is 0 Å². The van der Waals surface area contributed by atoms with Crippen LogP contribution in [0.3, 0.4) is 0 Å². The average molecular weight is 320 g/mol. The molecule has 1 unspecified atom stereocenters. The SMILES string of the molecule is COc1ccc(CNC(=O)C(=O)N2CCCC(C)C2)cc1OC. The van der Waals surface area contributed by atoms with Crippen molar-refractivity contribution in [3.05, 3.63) is 23.8 Å². The van der Waals surface area contributed by atoms with E-state index >= 15 is 0 Å². The van der Waals surface area contributed by atoms with Crippen LogP contribution in [-0.4, -0.2) is 44.0 Å². The number of rotatable bonds is 4. The highest BCUT2D eigenvalue weighted by Crippen LogP contribution is 2.27. The third-order valence-electron chi connectivity index (χ3n) is 4.04. The average Bonchev–Trinajstić information content (AvgIpc) is 2.58. The number of nitrogens with one attached hydrogen (secondary N) is 1. The third kappa shape index (κ3) is 4.37. The van der Waals surface area contributed by atoms with Gasteiger partial charge in [-0.15, -0.1) is 0 Å². The Labute approximate surface area is 136 Å². The highest BCUT2D eigenvalue weighted by Gasteiger charge is 2.25. The van der Waals surface area contributed by atoms with Gasteiger partial charge in [-0.3, -0.25) is 9.59 Å². The lowest BCUT2D eigenvalue weighted by molar-refractivity contribution is -0.147. The Morgan fingerprint density at radius 1 is 1.26 bits per heavy atom. The molecular formula is C17H24N2O4. The molecule has 2 rings (SSSR count). The van der Waals surface area contributed by atoms with E-state index in [1.807, 2.05) is 6.07 Å². The van der Waals surface area contributed by atoms with Crippen LogP contribution >= 0.6 is 0 Å².